The van der Waals surface area contributed by atoms with Crippen molar-refractivity contribution in [3.05, 3.63) is 76.4 Å². The fraction of sp³-hybridized carbons (Fsp3) is 0.235. The molecule has 0 unspecified atom stereocenters. The van der Waals surface area contributed by atoms with Crippen LogP contribution in [0.5, 0.6) is 0 Å². The lowest BCUT2D eigenvalue weighted by Crippen LogP contribution is -2.18. The zero-order valence-corrected chi connectivity index (χ0v) is 13.9. The standard InChI is InChI=1S/C17H18N4O2S/c22-16-14(9-13-3-1-5-18-10-13)11-20-17(21-16)19-6-8-24-12-15-4-2-7-23-15/h1-5,7,10-11H,6,8-9,12H2,(H2,19,20,21,22). The molecule has 0 aliphatic heterocycles. The molecule has 0 atom stereocenters. The zero-order valence-electron chi connectivity index (χ0n) is 13.1. The predicted molar refractivity (Wildman–Crippen MR) is 95.3 cm³/mol. The first-order valence-corrected chi connectivity index (χ1v) is 8.78. The molecule has 0 bridgehead atoms. The largest absolute Gasteiger partial charge is 0.468 e. The van der Waals surface area contributed by atoms with E-state index < -0.39 is 0 Å². The summed E-state index contributed by atoms with van der Waals surface area (Å²) in [6.07, 6.45) is 7.28. The fourth-order valence-corrected chi connectivity index (χ4v) is 2.92. The van der Waals surface area contributed by atoms with Gasteiger partial charge >= 0.3 is 0 Å². The highest BCUT2D eigenvalue weighted by Crippen LogP contribution is 2.12. The predicted octanol–water partition coefficient (Wildman–Crippen LogP) is 2.69. The highest BCUT2D eigenvalue weighted by atomic mass is 32.2. The van der Waals surface area contributed by atoms with E-state index in [1.165, 1.54) is 0 Å². The van der Waals surface area contributed by atoms with Gasteiger partial charge in [-0.25, -0.2) is 4.98 Å². The highest BCUT2D eigenvalue weighted by Gasteiger charge is 2.04. The van der Waals surface area contributed by atoms with Crippen LogP contribution in [0.4, 0.5) is 5.95 Å². The van der Waals surface area contributed by atoms with Gasteiger partial charge in [0.1, 0.15) is 5.76 Å². The average Bonchev–Trinajstić information content (AvgIpc) is 3.11. The first-order chi connectivity index (χ1) is 11.8. The van der Waals surface area contributed by atoms with Gasteiger partial charge in [0.15, 0.2) is 0 Å². The van der Waals surface area contributed by atoms with Crippen molar-refractivity contribution in [3.63, 3.8) is 0 Å². The molecule has 6 nitrogen and oxygen atoms in total. The van der Waals surface area contributed by atoms with E-state index in [2.05, 4.69) is 20.3 Å². The molecule has 0 fully saturated rings. The summed E-state index contributed by atoms with van der Waals surface area (Å²) in [5, 5.41) is 3.13. The van der Waals surface area contributed by atoms with E-state index in [1.807, 2.05) is 24.3 Å². The molecule has 7 heteroatoms. The van der Waals surface area contributed by atoms with Crippen molar-refractivity contribution in [2.45, 2.75) is 12.2 Å². The van der Waals surface area contributed by atoms with Crippen LogP contribution in [0.15, 0.2) is 58.3 Å². The third-order valence-electron chi connectivity index (χ3n) is 3.35. The molecule has 3 aromatic rings. The Hall–Kier alpha value is -2.54. The summed E-state index contributed by atoms with van der Waals surface area (Å²) in [5.41, 5.74) is 1.49. The van der Waals surface area contributed by atoms with Crippen LogP contribution in [0, 0.1) is 0 Å². The van der Waals surface area contributed by atoms with Crippen LogP contribution in [-0.4, -0.2) is 27.2 Å². The first-order valence-electron chi connectivity index (χ1n) is 7.62. The minimum absolute atomic E-state index is 0.125. The molecular weight excluding hydrogens is 324 g/mol. The molecule has 3 rings (SSSR count). The number of nitrogens with zero attached hydrogens (tertiary/aromatic N) is 2. The summed E-state index contributed by atoms with van der Waals surface area (Å²) in [7, 11) is 0. The first kappa shape index (κ1) is 16.3. The molecule has 2 N–H and O–H groups in total. The molecule has 0 saturated carbocycles. The number of hydrogen-bond donors (Lipinski definition) is 2. The van der Waals surface area contributed by atoms with Crippen LogP contribution in [0.2, 0.25) is 0 Å². The lowest BCUT2D eigenvalue weighted by molar-refractivity contribution is 0.530. The van der Waals surface area contributed by atoms with Crippen molar-refractivity contribution in [1.82, 2.24) is 15.0 Å². The summed E-state index contributed by atoms with van der Waals surface area (Å²) in [5.74, 6) is 3.18. The molecule has 3 aromatic heterocycles. The van der Waals surface area contributed by atoms with Crippen LogP contribution in [0.1, 0.15) is 16.9 Å². The Bertz CT molecular complexity index is 803. The Balaban J connectivity index is 1.47. The second kappa shape index (κ2) is 8.35. The molecular formula is C17H18N4O2S. The number of thioether (sulfide) groups is 1. The van der Waals surface area contributed by atoms with Crippen LogP contribution in [0.25, 0.3) is 0 Å². The quantitative estimate of drug-likeness (QED) is 0.612. The molecule has 0 amide bonds. The van der Waals surface area contributed by atoms with Gasteiger partial charge < -0.3 is 9.73 Å². The van der Waals surface area contributed by atoms with Crippen LogP contribution >= 0.6 is 11.8 Å². The number of pyridine rings is 1. The van der Waals surface area contributed by atoms with E-state index in [-0.39, 0.29) is 5.56 Å². The van der Waals surface area contributed by atoms with Gasteiger partial charge in [-0.1, -0.05) is 6.07 Å². The Labute approximate surface area is 143 Å². The molecule has 0 spiro atoms. The second-order valence-corrected chi connectivity index (χ2v) is 6.29. The summed E-state index contributed by atoms with van der Waals surface area (Å²) >= 11 is 1.76. The van der Waals surface area contributed by atoms with E-state index in [0.717, 1.165) is 29.4 Å². The maximum atomic E-state index is 12.1. The van der Waals surface area contributed by atoms with Gasteiger partial charge in [0, 0.05) is 42.9 Å². The molecule has 24 heavy (non-hydrogen) atoms. The van der Waals surface area contributed by atoms with Gasteiger partial charge in [-0.3, -0.25) is 14.8 Å². The molecule has 0 radical (unpaired) electrons. The van der Waals surface area contributed by atoms with E-state index in [1.54, 1.807) is 36.6 Å². The minimum atomic E-state index is -0.125. The Morgan fingerprint density at radius 2 is 2.21 bits per heavy atom. The summed E-state index contributed by atoms with van der Waals surface area (Å²) < 4.78 is 5.27. The van der Waals surface area contributed by atoms with Crippen LogP contribution in [-0.2, 0) is 12.2 Å². The third kappa shape index (κ3) is 4.73. The minimum Gasteiger partial charge on any atom is -0.468 e. The van der Waals surface area contributed by atoms with E-state index >= 15 is 0 Å². The SMILES string of the molecule is O=c1[nH]c(NCCSCc2ccco2)ncc1Cc1cccnc1. The maximum Gasteiger partial charge on any atom is 0.255 e. The van der Waals surface area contributed by atoms with E-state index in [4.69, 9.17) is 4.42 Å². The Morgan fingerprint density at radius 1 is 1.25 bits per heavy atom. The third-order valence-corrected chi connectivity index (χ3v) is 4.34. The highest BCUT2D eigenvalue weighted by molar-refractivity contribution is 7.98. The molecule has 0 aliphatic rings. The van der Waals surface area contributed by atoms with Crippen LogP contribution in [0.3, 0.4) is 0 Å². The topological polar surface area (TPSA) is 83.8 Å². The van der Waals surface area contributed by atoms with Gasteiger partial charge in [-0.2, -0.15) is 11.8 Å². The number of aromatic amines is 1. The molecule has 124 valence electrons. The van der Waals surface area contributed by atoms with Crippen molar-refractivity contribution in [2.24, 2.45) is 0 Å². The zero-order chi connectivity index (χ0) is 16.6. The second-order valence-electron chi connectivity index (χ2n) is 5.18. The fourth-order valence-electron chi connectivity index (χ4n) is 2.17. The Kier molecular flexibility index (Phi) is 5.68. The number of H-pyrrole nitrogens is 1. The number of nitrogens with one attached hydrogen (secondary N) is 2. The van der Waals surface area contributed by atoms with Gasteiger partial charge in [0.2, 0.25) is 5.95 Å². The number of anilines is 1. The monoisotopic (exact) mass is 342 g/mol. The van der Waals surface area contributed by atoms with Crippen molar-refractivity contribution in [1.29, 1.82) is 0 Å². The smallest absolute Gasteiger partial charge is 0.255 e. The maximum absolute atomic E-state index is 12.1. The molecule has 0 aliphatic carbocycles. The molecule has 3 heterocycles. The van der Waals surface area contributed by atoms with Crippen molar-refractivity contribution in [3.8, 4) is 0 Å². The molecule has 0 aromatic carbocycles. The summed E-state index contributed by atoms with van der Waals surface area (Å²) in [4.78, 5) is 23.2. The lowest BCUT2D eigenvalue weighted by Gasteiger charge is -2.06. The number of hydrogen-bond acceptors (Lipinski definition) is 6. The number of rotatable bonds is 8. The summed E-state index contributed by atoms with van der Waals surface area (Å²) in [6.45, 7) is 0.719. The van der Waals surface area contributed by atoms with Gasteiger partial charge in [0.25, 0.3) is 5.56 Å². The number of aromatic nitrogens is 3. The van der Waals surface area contributed by atoms with Gasteiger partial charge in [0.05, 0.1) is 12.0 Å². The Morgan fingerprint density at radius 3 is 2.96 bits per heavy atom. The van der Waals surface area contributed by atoms with E-state index in [9.17, 15) is 4.79 Å². The van der Waals surface area contributed by atoms with Gasteiger partial charge in [-0.05, 0) is 23.8 Å². The van der Waals surface area contributed by atoms with Crippen molar-refractivity contribution < 1.29 is 4.42 Å². The van der Waals surface area contributed by atoms with E-state index in [0.29, 0.717) is 17.9 Å². The van der Waals surface area contributed by atoms with Crippen LogP contribution < -0.4 is 10.9 Å². The van der Waals surface area contributed by atoms with Gasteiger partial charge in [-0.15, -0.1) is 0 Å². The summed E-state index contributed by atoms with van der Waals surface area (Å²) in [6, 6.07) is 7.64. The van der Waals surface area contributed by atoms with Crippen molar-refractivity contribution >= 4 is 17.7 Å². The normalized spacial score (nSPS) is 10.7. The average molecular weight is 342 g/mol. The molecule has 0 saturated heterocycles. The lowest BCUT2D eigenvalue weighted by atomic mass is 10.1. The van der Waals surface area contributed by atoms with Crippen molar-refractivity contribution in [2.75, 3.05) is 17.6 Å². The number of furan rings is 1.